The summed E-state index contributed by atoms with van der Waals surface area (Å²) in [6.45, 7) is 2.12. The standard InChI is InChI=1S/C17H16N4OS/c1-2-12-5-7-13(8-6-12)18-15-9-10-16(21-20-15)19-17(22)14-4-3-11-23-14/h3-11H,2H2,1H3,(H,18,20)(H,19,21,22). The SMILES string of the molecule is CCc1ccc(Nc2ccc(NC(=O)c3cccs3)nn2)cc1. The number of benzene rings is 1. The summed E-state index contributed by atoms with van der Waals surface area (Å²) in [4.78, 5) is 12.6. The molecule has 5 nitrogen and oxygen atoms in total. The van der Waals surface area contributed by atoms with Crippen LogP contribution in [-0.2, 0) is 6.42 Å². The van der Waals surface area contributed by atoms with Gasteiger partial charge in [0, 0.05) is 5.69 Å². The average Bonchev–Trinajstić information content (AvgIpc) is 3.12. The Labute approximate surface area is 138 Å². The van der Waals surface area contributed by atoms with Gasteiger partial charge >= 0.3 is 0 Å². The van der Waals surface area contributed by atoms with Crippen molar-refractivity contribution in [2.24, 2.45) is 0 Å². The molecule has 1 aromatic carbocycles. The third-order valence-corrected chi connectivity index (χ3v) is 4.15. The minimum Gasteiger partial charge on any atom is -0.339 e. The summed E-state index contributed by atoms with van der Waals surface area (Å²) in [6.07, 6.45) is 1.01. The Morgan fingerprint density at radius 2 is 1.78 bits per heavy atom. The molecule has 0 saturated carbocycles. The minimum absolute atomic E-state index is 0.176. The van der Waals surface area contributed by atoms with Gasteiger partial charge in [-0.2, -0.15) is 0 Å². The summed E-state index contributed by atoms with van der Waals surface area (Å²) in [6, 6.07) is 15.3. The van der Waals surface area contributed by atoms with Gasteiger partial charge in [0.15, 0.2) is 11.6 Å². The van der Waals surface area contributed by atoms with Gasteiger partial charge in [0.1, 0.15) is 0 Å². The number of carbonyl (C=O) groups is 1. The highest BCUT2D eigenvalue weighted by Crippen LogP contribution is 2.16. The zero-order valence-corrected chi connectivity index (χ0v) is 13.4. The molecule has 116 valence electrons. The van der Waals surface area contributed by atoms with Crippen molar-refractivity contribution in [3.05, 3.63) is 64.4 Å². The number of anilines is 3. The van der Waals surface area contributed by atoms with Crippen LogP contribution in [0.5, 0.6) is 0 Å². The normalized spacial score (nSPS) is 10.3. The highest BCUT2D eigenvalue weighted by atomic mass is 32.1. The number of hydrogen-bond donors (Lipinski definition) is 2. The highest BCUT2D eigenvalue weighted by Gasteiger charge is 2.08. The van der Waals surface area contributed by atoms with Gasteiger partial charge in [-0.3, -0.25) is 4.79 Å². The Kier molecular flexibility index (Phi) is 4.63. The van der Waals surface area contributed by atoms with Gasteiger partial charge in [0.05, 0.1) is 4.88 Å². The van der Waals surface area contributed by atoms with Crippen LogP contribution in [0.4, 0.5) is 17.3 Å². The molecule has 0 unspecified atom stereocenters. The number of nitrogens with zero attached hydrogens (tertiary/aromatic N) is 2. The van der Waals surface area contributed by atoms with E-state index < -0.39 is 0 Å². The number of amides is 1. The number of rotatable bonds is 5. The molecule has 0 fully saturated rings. The maximum absolute atomic E-state index is 11.9. The third-order valence-electron chi connectivity index (χ3n) is 3.29. The number of aryl methyl sites for hydroxylation is 1. The van der Waals surface area contributed by atoms with Crippen LogP contribution in [0.15, 0.2) is 53.9 Å². The first-order valence-electron chi connectivity index (χ1n) is 7.29. The zero-order valence-electron chi connectivity index (χ0n) is 12.6. The van der Waals surface area contributed by atoms with Crippen molar-refractivity contribution >= 4 is 34.6 Å². The van der Waals surface area contributed by atoms with Gasteiger partial charge < -0.3 is 10.6 Å². The lowest BCUT2D eigenvalue weighted by molar-refractivity contribution is 0.103. The van der Waals surface area contributed by atoms with E-state index in [4.69, 9.17) is 0 Å². The molecule has 23 heavy (non-hydrogen) atoms. The van der Waals surface area contributed by atoms with Gasteiger partial charge in [-0.05, 0) is 47.7 Å². The summed E-state index contributed by atoms with van der Waals surface area (Å²) in [7, 11) is 0. The van der Waals surface area contributed by atoms with Gasteiger partial charge in [-0.15, -0.1) is 21.5 Å². The fourth-order valence-electron chi connectivity index (χ4n) is 2.02. The first kappa shape index (κ1) is 15.2. The lowest BCUT2D eigenvalue weighted by Crippen LogP contribution is -2.12. The van der Waals surface area contributed by atoms with Crippen molar-refractivity contribution in [1.29, 1.82) is 0 Å². The minimum atomic E-state index is -0.176. The quantitative estimate of drug-likeness (QED) is 0.741. The van der Waals surface area contributed by atoms with Crippen molar-refractivity contribution in [1.82, 2.24) is 10.2 Å². The van der Waals surface area contributed by atoms with Crippen LogP contribution in [0.2, 0.25) is 0 Å². The van der Waals surface area contributed by atoms with Crippen molar-refractivity contribution in [2.75, 3.05) is 10.6 Å². The second kappa shape index (κ2) is 7.02. The van der Waals surface area contributed by atoms with E-state index in [1.807, 2.05) is 23.6 Å². The van der Waals surface area contributed by atoms with E-state index in [9.17, 15) is 4.79 Å². The summed E-state index contributed by atoms with van der Waals surface area (Å²) in [5.74, 6) is 0.879. The predicted octanol–water partition coefficient (Wildman–Crippen LogP) is 4.10. The summed E-state index contributed by atoms with van der Waals surface area (Å²) < 4.78 is 0. The predicted molar refractivity (Wildman–Crippen MR) is 93.4 cm³/mol. The molecule has 3 aromatic rings. The molecule has 0 spiro atoms. The number of aromatic nitrogens is 2. The zero-order chi connectivity index (χ0) is 16.1. The molecule has 0 atom stereocenters. The van der Waals surface area contributed by atoms with Gasteiger partial charge in [-0.25, -0.2) is 0 Å². The van der Waals surface area contributed by atoms with E-state index in [1.54, 1.807) is 18.2 Å². The maximum atomic E-state index is 11.9. The van der Waals surface area contributed by atoms with Crippen LogP contribution in [0.3, 0.4) is 0 Å². The Morgan fingerprint density at radius 3 is 2.39 bits per heavy atom. The van der Waals surface area contributed by atoms with Crippen LogP contribution in [0.25, 0.3) is 0 Å². The first-order valence-corrected chi connectivity index (χ1v) is 8.17. The molecule has 1 amide bonds. The van der Waals surface area contributed by atoms with Gasteiger partial charge in [0.2, 0.25) is 0 Å². The molecule has 6 heteroatoms. The van der Waals surface area contributed by atoms with Crippen LogP contribution < -0.4 is 10.6 Å². The van der Waals surface area contributed by atoms with E-state index in [2.05, 4.69) is 39.9 Å². The van der Waals surface area contributed by atoms with E-state index in [1.165, 1.54) is 16.9 Å². The smallest absolute Gasteiger partial charge is 0.266 e. The van der Waals surface area contributed by atoms with E-state index >= 15 is 0 Å². The second-order valence-electron chi connectivity index (χ2n) is 4.91. The van der Waals surface area contributed by atoms with Crippen molar-refractivity contribution in [3.8, 4) is 0 Å². The van der Waals surface area contributed by atoms with Gasteiger partial charge in [-0.1, -0.05) is 25.1 Å². The Hall–Kier alpha value is -2.73. The fraction of sp³-hybridized carbons (Fsp3) is 0.118. The summed E-state index contributed by atoms with van der Waals surface area (Å²) in [5, 5.41) is 15.9. The van der Waals surface area contributed by atoms with Crippen molar-refractivity contribution < 1.29 is 4.79 Å². The van der Waals surface area contributed by atoms with E-state index in [0.29, 0.717) is 16.5 Å². The average molecular weight is 324 g/mol. The number of hydrogen-bond acceptors (Lipinski definition) is 5. The number of thiophene rings is 1. The molecular formula is C17H16N4OS. The van der Waals surface area contributed by atoms with Crippen LogP contribution in [0, 0.1) is 0 Å². The van der Waals surface area contributed by atoms with Crippen molar-refractivity contribution in [2.45, 2.75) is 13.3 Å². The summed E-state index contributed by atoms with van der Waals surface area (Å²) >= 11 is 1.39. The molecule has 3 rings (SSSR count). The third kappa shape index (κ3) is 3.92. The van der Waals surface area contributed by atoms with Crippen LogP contribution in [0.1, 0.15) is 22.2 Å². The Bertz CT molecular complexity index is 767. The molecule has 0 aliphatic rings. The molecule has 2 heterocycles. The van der Waals surface area contributed by atoms with Crippen LogP contribution >= 0.6 is 11.3 Å². The van der Waals surface area contributed by atoms with E-state index in [0.717, 1.165) is 12.1 Å². The van der Waals surface area contributed by atoms with Gasteiger partial charge in [0.25, 0.3) is 5.91 Å². The van der Waals surface area contributed by atoms with E-state index in [-0.39, 0.29) is 5.91 Å². The number of carbonyl (C=O) groups excluding carboxylic acids is 1. The number of nitrogens with one attached hydrogen (secondary N) is 2. The Balaban J connectivity index is 1.63. The molecule has 0 aliphatic heterocycles. The second-order valence-corrected chi connectivity index (χ2v) is 5.86. The van der Waals surface area contributed by atoms with Crippen LogP contribution in [-0.4, -0.2) is 16.1 Å². The molecule has 0 aliphatic carbocycles. The topological polar surface area (TPSA) is 66.9 Å². The maximum Gasteiger partial charge on any atom is 0.266 e. The molecule has 0 bridgehead atoms. The largest absolute Gasteiger partial charge is 0.339 e. The molecule has 2 N–H and O–H groups in total. The Morgan fingerprint density at radius 1 is 1.04 bits per heavy atom. The molecule has 0 saturated heterocycles. The van der Waals surface area contributed by atoms with Crippen molar-refractivity contribution in [3.63, 3.8) is 0 Å². The fourth-order valence-corrected chi connectivity index (χ4v) is 2.64. The molecular weight excluding hydrogens is 308 g/mol. The molecule has 0 radical (unpaired) electrons. The lowest BCUT2D eigenvalue weighted by Gasteiger charge is -2.07. The molecule has 2 aromatic heterocycles. The monoisotopic (exact) mass is 324 g/mol. The first-order chi connectivity index (χ1) is 11.2. The highest BCUT2D eigenvalue weighted by molar-refractivity contribution is 7.12. The summed E-state index contributed by atoms with van der Waals surface area (Å²) in [5.41, 5.74) is 2.24. The lowest BCUT2D eigenvalue weighted by atomic mass is 10.1.